The molecule has 6 heteroatoms. The molecule has 1 aromatic carbocycles. The first kappa shape index (κ1) is 19.2. The fraction of sp³-hybridized carbons (Fsp3) is 0.579. The SMILES string of the molecule is CCOCCOc1cc(C)ccc1CN1C(=O)N[C@@H](CC(C)C)C1=O. The molecule has 1 heterocycles. The van der Waals surface area contributed by atoms with Gasteiger partial charge in [0.1, 0.15) is 18.4 Å². The number of nitrogens with one attached hydrogen (secondary N) is 1. The molecule has 25 heavy (non-hydrogen) atoms. The van der Waals surface area contributed by atoms with Gasteiger partial charge in [0.05, 0.1) is 13.2 Å². The van der Waals surface area contributed by atoms with Crippen LogP contribution in [0.1, 0.15) is 38.3 Å². The zero-order valence-electron chi connectivity index (χ0n) is 15.5. The van der Waals surface area contributed by atoms with E-state index in [4.69, 9.17) is 9.47 Å². The highest BCUT2D eigenvalue weighted by Crippen LogP contribution is 2.24. The minimum atomic E-state index is -0.430. The Bertz CT molecular complexity index is 615. The second-order valence-electron chi connectivity index (χ2n) is 6.71. The molecular weight excluding hydrogens is 320 g/mol. The van der Waals surface area contributed by atoms with Crippen LogP contribution in [0.3, 0.4) is 0 Å². The van der Waals surface area contributed by atoms with Gasteiger partial charge < -0.3 is 14.8 Å². The summed E-state index contributed by atoms with van der Waals surface area (Å²) in [6, 6.07) is 5.01. The number of rotatable bonds is 9. The van der Waals surface area contributed by atoms with E-state index in [2.05, 4.69) is 5.32 Å². The lowest BCUT2D eigenvalue weighted by Gasteiger charge is -2.17. The lowest BCUT2D eigenvalue weighted by atomic mass is 10.0. The van der Waals surface area contributed by atoms with Gasteiger partial charge in [-0.05, 0) is 37.8 Å². The number of hydrogen-bond acceptors (Lipinski definition) is 4. The minimum absolute atomic E-state index is 0.167. The first-order valence-electron chi connectivity index (χ1n) is 8.84. The van der Waals surface area contributed by atoms with E-state index in [-0.39, 0.29) is 18.5 Å². The van der Waals surface area contributed by atoms with Crippen molar-refractivity contribution in [2.75, 3.05) is 19.8 Å². The van der Waals surface area contributed by atoms with Crippen molar-refractivity contribution in [2.45, 2.75) is 46.7 Å². The molecule has 0 aromatic heterocycles. The highest BCUT2D eigenvalue weighted by molar-refractivity contribution is 6.04. The zero-order chi connectivity index (χ0) is 18.4. The Morgan fingerprint density at radius 1 is 1.24 bits per heavy atom. The summed E-state index contributed by atoms with van der Waals surface area (Å²) in [7, 11) is 0. The monoisotopic (exact) mass is 348 g/mol. The number of amides is 3. The van der Waals surface area contributed by atoms with Gasteiger partial charge in [0.15, 0.2) is 0 Å². The van der Waals surface area contributed by atoms with Crippen molar-refractivity contribution in [1.29, 1.82) is 0 Å². The van der Waals surface area contributed by atoms with Crippen LogP contribution < -0.4 is 10.1 Å². The molecule has 0 saturated carbocycles. The average molecular weight is 348 g/mol. The number of benzene rings is 1. The number of hydrogen-bond donors (Lipinski definition) is 1. The zero-order valence-corrected chi connectivity index (χ0v) is 15.5. The Morgan fingerprint density at radius 2 is 2.00 bits per heavy atom. The summed E-state index contributed by atoms with van der Waals surface area (Å²) in [4.78, 5) is 26.0. The number of aryl methyl sites for hydroxylation is 1. The van der Waals surface area contributed by atoms with Crippen LogP contribution in [0.4, 0.5) is 4.79 Å². The van der Waals surface area contributed by atoms with Crippen molar-refractivity contribution in [2.24, 2.45) is 5.92 Å². The maximum absolute atomic E-state index is 12.5. The van der Waals surface area contributed by atoms with E-state index in [1.807, 2.05) is 45.9 Å². The van der Waals surface area contributed by atoms with Crippen LogP contribution in [0, 0.1) is 12.8 Å². The maximum atomic E-state index is 12.5. The molecule has 2 rings (SSSR count). The molecule has 0 unspecified atom stereocenters. The van der Waals surface area contributed by atoms with E-state index in [9.17, 15) is 9.59 Å². The topological polar surface area (TPSA) is 67.9 Å². The standard InChI is InChI=1S/C19H28N2O4/c1-5-24-8-9-25-17-11-14(4)6-7-15(17)12-21-18(22)16(10-13(2)3)20-19(21)23/h6-7,11,13,16H,5,8-10,12H2,1-4H3,(H,20,23)/t16-/m0/s1. The molecule has 1 saturated heterocycles. The third kappa shape index (κ3) is 5.19. The lowest BCUT2D eigenvalue weighted by Crippen LogP contribution is -2.31. The number of carbonyl (C=O) groups excluding carboxylic acids is 2. The molecule has 1 atom stereocenters. The van der Waals surface area contributed by atoms with Gasteiger partial charge in [-0.3, -0.25) is 9.69 Å². The van der Waals surface area contributed by atoms with E-state index < -0.39 is 6.04 Å². The van der Waals surface area contributed by atoms with Crippen molar-refractivity contribution in [3.63, 3.8) is 0 Å². The molecule has 0 aliphatic carbocycles. The number of carbonyl (C=O) groups is 2. The van der Waals surface area contributed by atoms with E-state index in [0.717, 1.165) is 11.1 Å². The van der Waals surface area contributed by atoms with Crippen molar-refractivity contribution in [3.8, 4) is 5.75 Å². The molecule has 1 N–H and O–H groups in total. The van der Waals surface area contributed by atoms with Crippen molar-refractivity contribution in [3.05, 3.63) is 29.3 Å². The molecule has 1 aliphatic rings. The Labute approximate surface area is 149 Å². The predicted octanol–water partition coefficient (Wildman–Crippen LogP) is 2.88. The van der Waals surface area contributed by atoms with E-state index in [0.29, 0.717) is 37.9 Å². The third-order valence-corrected chi connectivity index (χ3v) is 4.05. The smallest absolute Gasteiger partial charge is 0.325 e. The van der Waals surface area contributed by atoms with Gasteiger partial charge in [-0.25, -0.2) is 4.79 Å². The molecule has 6 nitrogen and oxygen atoms in total. The van der Waals surface area contributed by atoms with Crippen molar-refractivity contribution < 1.29 is 19.1 Å². The highest BCUT2D eigenvalue weighted by atomic mass is 16.5. The van der Waals surface area contributed by atoms with Crippen LogP contribution >= 0.6 is 0 Å². The molecule has 1 aromatic rings. The van der Waals surface area contributed by atoms with Crippen LogP contribution in [-0.2, 0) is 16.1 Å². The van der Waals surface area contributed by atoms with Crippen molar-refractivity contribution >= 4 is 11.9 Å². The number of nitrogens with zero attached hydrogens (tertiary/aromatic N) is 1. The lowest BCUT2D eigenvalue weighted by molar-refractivity contribution is -0.128. The minimum Gasteiger partial charge on any atom is -0.491 e. The number of ether oxygens (including phenoxy) is 2. The second kappa shape index (κ2) is 8.85. The first-order valence-corrected chi connectivity index (χ1v) is 8.84. The van der Waals surface area contributed by atoms with Crippen LogP contribution in [0.5, 0.6) is 5.75 Å². The fourth-order valence-corrected chi connectivity index (χ4v) is 2.81. The Hall–Kier alpha value is -2.08. The highest BCUT2D eigenvalue weighted by Gasteiger charge is 2.38. The van der Waals surface area contributed by atoms with Gasteiger partial charge in [0, 0.05) is 12.2 Å². The van der Waals surface area contributed by atoms with Crippen LogP contribution in [0.2, 0.25) is 0 Å². The summed E-state index contributed by atoms with van der Waals surface area (Å²) >= 11 is 0. The fourth-order valence-electron chi connectivity index (χ4n) is 2.81. The maximum Gasteiger partial charge on any atom is 0.325 e. The van der Waals surface area contributed by atoms with Gasteiger partial charge in [0.25, 0.3) is 5.91 Å². The van der Waals surface area contributed by atoms with E-state index in [1.165, 1.54) is 4.90 Å². The summed E-state index contributed by atoms with van der Waals surface area (Å²) in [5, 5.41) is 2.77. The van der Waals surface area contributed by atoms with Gasteiger partial charge in [0.2, 0.25) is 0 Å². The largest absolute Gasteiger partial charge is 0.491 e. The molecule has 138 valence electrons. The van der Waals surface area contributed by atoms with Gasteiger partial charge in [-0.2, -0.15) is 0 Å². The summed E-state index contributed by atoms with van der Waals surface area (Å²) in [6.45, 7) is 9.77. The summed E-state index contributed by atoms with van der Waals surface area (Å²) < 4.78 is 11.1. The molecule has 1 aliphatic heterocycles. The number of imide groups is 1. The molecule has 0 spiro atoms. The quantitative estimate of drug-likeness (QED) is 0.550. The molecular formula is C19H28N2O4. The summed E-state index contributed by atoms with van der Waals surface area (Å²) in [6.07, 6.45) is 0.646. The molecule has 3 amide bonds. The van der Waals surface area contributed by atoms with Gasteiger partial charge in [-0.15, -0.1) is 0 Å². The molecule has 1 fully saturated rings. The first-order chi connectivity index (χ1) is 11.9. The summed E-state index contributed by atoms with van der Waals surface area (Å²) in [5.41, 5.74) is 1.88. The summed E-state index contributed by atoms with van der Waals surface area (Å²) in [5.74, 6) is 0.859. The van der Waals surface area contributed by atoms with Crippen LogP contribution in [0.25, 0.3) is 0 Å². The van der Waals surface area contributed by atoms with Crippen molar-refractivity contribution in [1.82, 2.24) is 10.2 Å². The van der Waals surface area contributed by atoms with Gasteiger partial charge >= 0.3 is 6.03 Å². The normalized spacial score (nSPS) is 17.3. The Balaban J connectivity index is 2.08. The molecule has 0 radical (unpaired) electrons. The van der Waals surface area contributed by atoms with E-state index >= 15 is 0 Å². The van der Waals surface area contributed by atoms with Gasteiger partial charge in [-0.1, -0.05) is 26.0 Å². The molecule has 0 bridgehead atoms. The van der Waals surface area contributed by atoms with Crippen LogP contribution in [-0.4, -0.2) is 42.7 Å². The third-order valence-electron chi connectivity index (χ3n) is 4.05. The van der Waals surface area contributed by atoms with E-state index in [1.54, 1.807) is 0 Å². The van der Waals surface area contributed by atoms with Crippen LogP contribution in [0.15, 0.2) is 18.2 Å². The second-order valence-corrected chi connectivity index (χ2v) is 6.71. The predicted molar refractivity (Wildman–Crippen MR) is 95.5 cm³/mol. The Morgan fingerprint density at radius 3 is 2.68 bits per heavy atom. The Kier molecular flexibility index (Phi) is 6.82. The average Bonchev–Trinajstić information content (AvgIpc) is 2.80. The number of urea groups is 1.